The van der Waals surface area contributed by atoms with Crippen LogP contribution in [-0.2, 0) is 14.4 Å². The van der Waals surface area contributed by atoms with Gasteiger partial charge >= 0.3 is 24.2 Å². The number of carboxylic acids is 1. The van der Waals surface area contributed by atoms with Crippen molar-refractivity contribution in [2.45, 2.75) is 24.7 Å². The minimum atomic E-state index is -6.50. The summed E-state index contributed by atoms with van der Waals surface area (Å²) in [6.45, 7) is 0. The topological polar surface area (TPSA) is 71.4 Å². The van der Waals surface area contributed by atoms with Crippen LogP contribution in [0.1, 0.15) is 6.42 Å². The van der Waals surface area contributed by atoms with Crippen molar-refractivity contribution in [3.63, 3.8) is 0 Å². The van der Waals surface area contributed by atoms with Crippen molar-refractivity contribution < 1.29 is 54.6 Å². The van der Waals surface area contributed by atoms with E-state index in [0.717, 1.165) is 0 Å². The average Bonchev–Trinajstić information content (AvgIpc) is 2.30. The van der Waals surface area contributed by atoms with Crippen molar-refractivity contribution >= 4 is 17.5 Å². The van der Waals surface area contributed by atoms with E-state index in [2.05, 4.69) is 0 Å². The van der Waals surface area contributed by atoms with Crippen molar-refractivity contribution in [1.82, 2.24) is 0 Å². The Morgan fingerprint density at radius 2 is 1.36 bits per heavy atom. The van der Waals surface area contributed by atoms with Gasteiger partial charge in [0.25, 0.3) is 0 Å². The van der Waals surface area contributed by atoms with Crippen LogP contribution in [0.25, 0.3) is 0 Å². The number of Topliss-reactive ketones (excluding diaryl/α,β-unsaturated/α-hetero) is 2. The van der Waals surface area contributed by atoms with Crippen molar-refractivity contribution in [2.75, 3.05) is 0 Å². The molecule has 0 aliphatic rings. The van der Waals surface area contributed by atoms with Crippen molar-refractivity contribution in [3.05, 3.63) is 12.2 Å². The van der Waals surface area contributed by atoms with Gasteiger partial charge in [-0.1, -0.05) is 6.08 Å². The first-order valence-electron chi connectivity index (χ1n) is 5.11. The number of halogens is 8. The highest BCUT2D eigenvalue weighted by Crippen LogP contribution is 2.39. The molecule has 0 aliphatic heterocycles. The number of ketones is 2. The third-order valence-electron chi connectivity index (χ3n) is 2.21. The number of carbonyl (C=O) groups excluding carboxylic acids is 2. The molecule has 1 atom stereocenters. The van der Waals surface area contributed by atoms with E-state index in [0.29, 0.717) is 0 Å². The Morgan fingerprint density at radius 3 is 1.68 bits per heavy atom. The van der Waals surface area contributed by atoms with Crippen LogP contribution in [0.2, 0.25) is 0 Å². The molecular weight excluding hydrogens is 336 g/mol. The van der Waals surface area contributed by atoms with E-state index in [4.69, 9.17) is 5.11 Å². The zero-order valence-electron chi connectivity index (χ0n) is 10.1. The number of hydrogen-bond donors (Lipinski definition) is 1. The van der Waals surface area contributed by atoms with Gasteiger partial charge in [-0.25, -0.2) is 4.79 Å². The molecule has 12 heteroatoms. The van der Waals surface area contributed by atoms with Gasteiger partial charge < -0.3 is 5.11 Å². The number of carboxylic acid groups (broad SMARTS) is 1. The van der Waals surface area contributed by atoms with E-state index in [9.17, 15) is 49.5 Å². The lowest BCUT2D eigenvalue weighted by atomic mass is 9.90. The van der Waals surface area contributed by atoms with Crippen LogP contribution in [0.5, 0.6) is 0 Å². The summed E-state index contributed by atoms with van der Waals surface area (Å²) in [5.74, 6) is -17.8. The Hall–Kier alpha value is -2.01. The van der Waals surface area contributed by atoms with Gasteiger partial charge in [0.2, 0.25) is 11.6 Å². The van der Waals surface area contributed by atoms with Gasteiger partial charge in [0, 0.05) is 6.08 Å². The Labute approximate surface area is 116 Å². The number of carbonyl (C=O) groups is 3. The third kappa shape index (κ3) is 4.77. The number of rotatable bonds is 6. The normalized spacial score (nSPS) is 14.9. The molecule has 4 nitrogen and oxygen atoms in total. The lowest BCUT2D eigenvalue weighted by molar-refractivity contribution is -0.270. The van der Waals surface area contributed by atoms with Crippen LogP contribution in [0, 0.1) is 5.92 Å². The van der Waals surface area contributed by atoms with Crippen molar-refractivity contribution in [3.8, 4) is 0 Å². The van der Waals surface area contributed by atoms with E-state index in [1.807, 2.05) is 0 Å². The summed E-state index contributed by atoms with van der Waals surface area (Å²) >= 11 is 0. The summed E-state index contributed by atoms with van der Waals surface area (Å²) in [5, 5.41) is 8.15. The quantitative estimate of drug-likeness (QED) is 0.457. The highest BCUT2D eigenvalue weighted by molar-refractivity contribution is 6.08. The minimum Gasteiger partial charge on any atom is -0.478 e. The molecule has 0 bridgehead atoms. The van der Waals surface area contributed by atoms with Crippen molar-refractivity contribution in [1.29, 1.82) is 0 Å². The second-order valence-corrected chi connectivity index (χ2v) is 3.83. The molecule has 22 heavy (non-hydrogen) atoms. The largest absolute Gasteiger partial charge is 0.478 e. The van der Waals surface area contributed by atoms with E-state index in [1.165, 1.54) is 0 Å². The summed E-state index contributed by atoms with van der Waals surface area (Å²) in [4.78, 5) is 31.9. The highest BCUT2D eigenvalue weighted by atomic mass is 19.4. The van der Waals surface area contributed by atoms with E-state index in [-0.39, 0.29) is 12.2 Å². The van der Waals surface area contributed by atoms with Crippen LogP contribution in [0.15, 0.2) is 12.2 Å². The Kier molecular flexibility index (Phi) is 5.81. The minimum absolute atomic E-state index is 0.0929. The molecule has 0 amide bonds. The molecule has 0 radical (unpaired) electrons. The fourth-order valence-corrected chi connectivity index (χ4v) is 1.19. The van der Waals surface area contributed by atoms with Crippen LogP contribution >= 0.6 is 0 Å². The SMILES string of the molecule is O=C(O)/C=C\CC(C(=O)C(F)(F)F)C(=O)C(F)(F)C(F)(F)F. The first kappa shape index (κ1) is 20.0. The summed E-state index contributed by atoms with van der Waals surface area (Å²) in [6, 6.07) is 0. The number of alkyl halides is 8. The standard InChI is InChI=1S/C10H6F8O4/c11-8(12,10(16,17)18)6(21)4(2-1-3-5(19)20)7(22)9(13,14)15/h1,3-4H,2H2,(H,19,20)/b3-1-. The van der Waals surface area contributed by atoms with Crippen LogP contribution in [-0.4, -0.2) is 40.9 Å². The fraction of sp³-hybridized carbons (Fsp3) is 0.500. The Bertz CT molecular complexity index is 488. The summed E-state index contributed by atoms with van der Waals surface area (Å²) in [7, 11) is 0. The summed E-state index contributed by atoms with van der Waals surface area (Å²) in [5.41, 5.74) is 0. The Morgan fingerprint density at radius 1 is 0.909 bits per heavy atom. The molecule has 1 unspecified atom stereocenters. The molecule has 126 valence electrons. The van der Waals surface area contributed by atoms with Gasteiger partial charge in [0.1, 0.15) is 0 Å². The summed E-state index contributed by atoms with van der Waals surface area (Å²) in [6.07, 6.45) is -13.6. The van der Waals surface area contributed by atoms with E-state index in [1.54, 1.807) is 0 Å². The predicted molar refractivity (Wildman–Crippen MR) is 52.0 cm³/mol. The van der Waals surface area contributed by atoms with Gasteiger partial charge in [-0.2, -0.15) is 35.1 Å². The molecule has 0 aliphatic carbocycles. The molecule has 0 aromatic carbocycles. The molecule has 0 aromatic heterocycles. The average molecular weight is 342 g/mol. The van der Waals surface area contributed by atoms with Gasteiger partial charge in [0.15, 0.2) is 0 Å². The van der Waals surface area contributed by atoms with Gasteiger partial charge in [-0.05, 0) is 6.42 Å². The second kappa shape index (κ2) is 6.40. The van der Waals surface area contributed by atoms with Crippen molar-refractivity contribution in [2.24, 2.45) is 5.92 Å². The lowest BCUT2D eigenvalue weighted by Gasteiger charge is -2.23. The first-order valence-corrected chi connectivity index (χ1v) is 5.11. The fourth-order valence-electron chi connectivity index (χ4n) is 1.19. The Balaban J connectivity index is 5.64. The monoisotopic (exact) mass is 342 g/mol. The van der Waals surface area contributed by atoms with Gasteiger partial charge in [-0.3, -0.25) is 9.59 Å². The molecule has 0 heterocycles. The highest BCUT2D eigenvalue weighted by Gasteiger charge is 2.66. The number of aliphatic carboxylic acids is 1. The maximum absolute atomic E-state index is 12.8. The maximum Gasteiger partial charge on any atom is 0.461 e. The number of hydrogen-bond acceptors (Lipinski definition) is 3. The van der Waals surface area contributed by atoms with E-state index >= 15 is 0 Å². The zero-order valence-corrected chi connectivity index (χ0v) is 10.1. The smallest absolute Gasteiger partial charge is 0.461 e. The third-order valence-corrected chi connectivity index (χ3v) is 2.21. The molecule has 0 saturated carbocycles. The summed E-state index contributed by atoms with van der Waals surface area (Å²) < 4.78 is 98.0. The van der Waals surface area contributed by atoms with Gasteiger partial charge in [0.05, 0.1) is 5.92 Å². The molecule has 0 spiro atoms. The predicted octanol–water partition coefficient (Wildman–Crippen LogP) is 2.53. The molecular formula is C10H6F8O4. The molecule has 0 saturated heterocycles. The van der Waals surface area contributed by atoms with Gasteiger partial charge in [-0.15, -0.1) is 0 Å². The molecule has 1 N–H and O–H groups in total. The molecule has 0 rings (SSSR count). The molecule has 0 aromatic rings. The maximum atomic E-state index is 12.8. The number of allylic oxidation sites excluding steroid dienone is 1. The zero-order chi connectivity index (χ0) is 17.9. The second-order valence-electron chi connectivity index (χ2n) is 3.83. The van der Waals surface area contributed by atoms with Crippen LogP contribution in [0.4, 0.5) is 35.1 Å². The van der Waals surface area contributed by atoms with E-state index < -0.39 is 48.1 Å². The lowest BCUT2D eigenvalue weighted by Crippen LogP contribution is -2.50. The van der Waals surface area contributed by atoms with Crippen LogP contribution in [0.3, 0.4) is 0 Å². The van der Waals surface area contributed by atoms with Crippen LogP contribution < -0.4 is 0 Å². The first-order chi connectivity index (χ1) is 9.62. The molecule has 0 fully saturated rings.